The molecule has 1 heterocycles. The lowest BCUT2D eigenvalue weighted by Gasteiger charge is -2.31. The summed E-state index contributed by atoms with van der Waals surface area (Å²) in [4.78, 5) is 0. The molecular weight excluding hydrogens is 236 g/mol. The molecule has 0 aromatic rings. The summed E-state index contributed by atoms with van der Waals surface area (Å²) < 4.78 is 41.2. The van der Waals surface area contributed by atoms with Crippen molar-refractivity contribution in [1.29, 1.82) is 0 Å². The molecule has 1 saturated carbocycles. The highest BCUT2D eigenvalue weighted by Gasteiger charge is 2.47. The Bertz CT molecular complexity index is 345. The zero-order valence-corrected chi connectivity index (χ0v) is 9.65. The largest absolute Gasteiger partial charge is 0.373 e. The SMILES string of the molecule is O=S(=O)(O)C(O)C1COC2(CCCCC2)O1. The van der Waals surface area contributed by atoms with Crippen LogP contribution in [-0.4, -0.2) is 42.0 Å². The third-order valence-electron chi connectivity index (χ3n) is 3.12. The van der Waals surface area contributed by atoms with E-state index in [9.17, 15) is 13.5 Å². The summed E-state index contributed by atoms with van der Waals surface area (Å²) in [6.07, 6.45) is 3.47. The molecule has 2 N–H and O–H groups in total. The summed E-state index contributed by atoms with van der Waals surface area (Å²) in [5.74, 6) is -0.741. The lowest BCUT2D eigenvalue weighted by molar-refractivity contribution is -0.191. The molecule has 6 nitrogen and oxygen atoms in total. The van der Waals surface area contributed by atoms with Crippen LogP contribution in [0.3, 0.4) is 0 Å². The highest BCUT2D eigenvalue weighted by molar-refractivity contribution is 7.86. The second-order valence-corrected chi connectivity index (χ2v) is 5.86. The zero-order valence-electron chi connectivity index (χ0n) is 8.83. The number of rotatable bonds is 2. The maximum absolute atomic E-state index is 10.8. The number of aliphatic hydroxyl groups excluding tert-OH is 1. The van der Waals surface area contributed by atoms with Gasteiger partial charge in [0.1, 0.15) is 6.10 Å². The summed E-state index contributed by atoms with van der Waals surface area (Å²) in [6.45, 7) is 0.000949. The summed E-state index contributed by atoms with van der Waals surface area (Å²) in [6, 6.07) is 0. The van der Waals surface area contributed by atoms with E-state index in [1.807, 2.05) is 0 Å². The van der Waals surface area contributed by atoms with E-state index in [1.54, 1.807) is 0 Å². The molecule has 7 heteroatoms. The smallest absolute Gasteiger partial charge is 0.294 e. The molecule has 1 aliphatic heterocycles. The van der Waals surface area contributed by atoms with Crippen LogP contribution in [0.1, 0.15) is 32.1 Å². The van der Waals surface area contributed by atoms with E-state index in [-0.39, 0.29) is 6.61 Å². The standard InChI is InChI=1S/C9H16O6S/c10-8(16(11,12)13)7-6-14-9(15-7)4-2-1-3-5-9/h7-8,10H,1-6H2,(H,11,12,13). The Morgan fingerprint density at radius 2 is 1.88 bits per heavy atom. The molecule has 2 aliphatic rings. The highest BCUT2D eigenvalue weighted by atomic mass is 32.2. The van der Waals surface area contributed by atoms with E-state index in [2.05, 4.69) is 0 Å². The fraction of sp³-hybridized carbons (Fsp3) is 1.00. The van der Waals surface area contributed by atoms with Gasteiger partial charge in [0, 0.05) is 12.8 Å². The minimum Gasteiger partial charge on any atom is -0.373 e. The van der Waals surface area contributed by atoms with Crippen LogP contribution in [0.5, 0.6) is 0 Å². The first kappa shape index (κ1) is 12.3. The Balaban J connectivity index is 2.02. The van der Waals surface area contributed by atoms with Gasteiger partial charge in [-0.15, -0.1) is 0 Å². The van der Waals surface area contributed by atoms with Gasteiger partial charge in [0.05, 0.1) is 6.61 Å². The zero-order chi connectivity index (χ0) is 11.8. The molecule has 1 aliphatic carbocycles. The van der Waals surface area contributed by atoms with Gasteiger partial charge >= 0.3 is 0 Å². The fourth-order valence-corrected chi connectivity index (χ4v) is 2.78. The number of ether oxygens (including phenoxy) is 2. The van der Waals surface area contributed by atoms with E-state index in [4.69, 9.17) is 14.0 Å². The number of hydrogen-bond donors (Lipinski definition) is 2. The summed E-state index contributed by atoms with van der Waals surface area (Å²) in [7, 11) is -4.49. The molecule has 0 aromatic carbocycles. The Morgan fingerprint density at radius 3 is 2.44 bits per heavy atom. The maximum Gasteiger partial charge on any atom is 0.294 e. The molecule has 2 rings (SSSR count). The molecule has 0 amide bonds. The van der Waals surface area contributed by atoms with Gasteiger partial charge in [0.15, 0.2) is 5.79 Å². The van der Waals surface area contributed by atoms with Gasteiger partial charge in [-0.2, -0.15) is 8.42 Å². The molecule has 16 heavy (non-hydrogen) atoms. The third-order valence-corrected chi connectivity index (χ3v) is 4.03. The van der Waals surface area contributed by atoms with Crippen molar-refractivity contribution in [2.75, 3.05) is 6.61 Å². The van der Waals surface area contributed by atoms with E-state index in [0.29, 0.717) is 12.8 Å². The average Bonchev–Trinajstić information content (AvgIpc) is 2.61. The molecule has 2 atom stereocenters. The molecule has 0 radical (unpaired) electrons. The van der Waals surface area contributed by atoms with Crippen LogP contribution in [-0.2, 0) is 19.6 Å². The van der Waals surface area contributed by atoms with Gasteiger partial charge in [-0.05, 0) is 12.8 Å². The van der Waals surface area contributed by atoms with Crippen molar-refractivity contribution in [2.24, 2.45) is 0 Å². The van der Waals surface area contributed by atoms with Gasteiger partial charge in [-0.3, -0.25) is 4.55 Å². The van der Waals surface area contributed by atoms with Crippen LogP contribution >= 0.6 is 0 Å². The van der Waals surface area contributed by atoms with Crippen molar-refractivity contribution in [3.63, 3.8) is 0 Å². The normalized spacial score (nSPS) is 31.8. The molecule has 0 aromatic heterocycles. The molecule has 2 unspecified atom stereocenters. The molecule has 2 fully saturated rings. The quantitative estimate of drug-likeness (QED) is 0.685. The van der Waals surface area contributed by atoms with Crippen LogP contribution in [0.15, 0.2) is 0 Å². The first-order valence-electron chi connectivity index (χ1n) is 5.39. The first-order valence-corrected chi connectivity index (χ1v) is 6.89. The minimum absolute atomic E-state index is 0.000949. The molecular formula is C9H16O6S. The van der Waals surface area contributed by atoms with Crippen LogP contribution < -0.4 is 0 Å². The number of hydrogen-bond acceptors (Lipinski definition) is 5. The van der Waals surface area contributed by atoms with Gasteiger partial charge < -0.3 is 14.6 Å². The molecule has 1 spiro atoms. The predicted molar refractivity (Wildman–Crippen MR) is 54.2 cm³/mol. The summed E-state index contributed by atoms with van der Waals surface area (Å²) >= 11 is 0. The summed E-state index contributed by atoms with van der Waals surface area (Å²) in [5.41, 5.74) is -1.92. The van der Waals surface area contributed by atoms with Crippen LogP contribution in [0.2, 0.25) is 0 Å². The lowest BCUT2D eigenvalue weighted by Crippen LogP contribution is -2.39. The van der Waals surface area contributed by atoms with Gasteiger partial charge in [0.25, 0.3) is 10.1 Å². The van der Waals surface area contributed by atoms with Crippen molar-refractivity contribution in [3.8, 4) is 0 Å². The molecule has 94 valence electrons. The Hall–Kier alpha value is -0.210. The Labute approximate surface area is 94.3 Å². The van der Waals surface area contributed by atoms with Crippen molar-refractivity contribution in [1.82, 2.24) is 0 Å². The maximum atomic E-state index is 10.8. The first-order chi connectivity index (χ1) is 7.43. The third kappa shape index (κ3) is 2.38. The second-order valence-electron chi connectivity index (χ2n) is 4.34. The monoisotopic (exact) mass is 252 g/mol. The summed E-state index contributed by atoms with van der Waals surface area (Å²) in [5, 5.41) is 9.36. The second kappa shape index (κ2) is 4.23. The van der Waals surface area contributed by atoms with Crippen LogP contribution in [0.25, 0.3) is 0 Å². The van der Waals surface area contributed by atoms with E-state index >= 15 is 0 Å². The molecule has 1 saturated heterocycles. The predicted octanol–water partition coefficient (Wildman–Crippen LogP) is 0.268. The van der Waals surface area contributed by atoms with Crippen molar-refractivity contribution >= 4 is 10.1 Å². The van der Waals surface area contributed by atoms with E-state index < -0.39 is 27.4 Å². The number of aliphatic hydroxyl groups is 1. The fourth-order valence-electron chi connectivity index (χ4n) is 2.26. The van der Waals surface area contributed by atoms with Gasteiger partial charge in [-0.1, -0.05) is 6.42 Å². The van der Waals surface area contributed by atoms with E-state index in [0.717, 1.165) is 19.3 Å². The van der Waals surface area contributed by atoms with Crippen molar-refractivity contribution < 1.29 is 27.6 Å². The van der Waals surface area contributed by atoms with Crippen molar-refractivity contribution in [3.05, 3.63) is 0 Å². The Morgan fingerprint density at radius 1 is 1.25 bits per heavy atom. The highest BCUT2D eigenvalue weighted by Crippen LogP contribution is 2.38. The van der Waals surface area contributed by atoms with Crippen LogP contribution in [0.4, 0.5) is 0 Å². The van der Waals surface area contributed by atoms with Crippen molar-refractivity contribution in [2.45, 2.75) is 49.4 Å². The average molecular weight is 252 g/mol. The topological polar surface area (TPSA) is 93.1 Å². The Kier molecular flexibility index (Phi) is 3.24. The molecule has 0 bridgehead atoms. The van der Waals surface area contributed by atoms with Gasteiger partial charge in [0.2, 0.25) is 5.44 Å². The van der Waals surface area contributed by atoms with Gasteiger partial charge in [-0.25, -0.2) is 0 Å². The van der Waals surface area contributed by atoms with Crippen LogP contribution in [0, 0.1) is 0 Å². The lowest BCUT2D eigenvalue weighted by atomic mass is 9.94. The van der Waals surface area contributed by atoms with E-state index in [1.165, 1.54) is 0 Å². The minimum atomic E-state index is -4.49.